The lowest BCUT2D eigenvalue weighted by Crippen LogP contribution is -2.51. The number of aliphatic hydroxyl groups is 1. The molecule has 2 rings (SSSR count). The summed E-state index contributed by atoms with van der Waals surface area (Å²) in [6.45, 7) is 6.68. The second kappa shape index (κ2) is 7.90. The minimum Gasteiger partial charge on any atom is -0.490 e. The fourth-order valence-corrected chi connectivity index (χ4v) is 2.90. The SMILES string of the molecule is CCC(CC)N1CCOC[C@@](O)(COc2ccc(F)cc2)C1. The van der Waals surface area contributed by atoms with Crippen LogP contribution in [0.25, 0.3) is 0 Å². The maximum Gasteiger partial charge on any atom is 0.134 e. The van der Waals surface area contributed by atoms with Crippen LogP contribution in [0.15, 0.2) is 24.3 Å². The molecule has 1 atom stereocenters. The lowest BCUT2D eigenvalue weighted by Gasteiger charge is -2.34. The van der Waals surface area contributed by atoms with Gasteiger partial charge in [0.15, 0.2) is 0 Å². The molecule has 1 aromatic rings. The summed E-state index contributed by atoms with van der Waals surface area (Å²) in [6.07, 6.45) is 2.09. The van der Waals surface area contributed by atoms with Crippen LogP contribution < -0.4 is 4.74 Å². The van der Waals surface area contributed by atoms with Crippen LogP contribution in [0.5, 0.6) is 5.75 Å². The molecule has 0 saturated carbocycles. The van der Waals surface area contributed by atoms with Crippen molar-refractivity contribution in [3.8, 4) is 5.75 Å². The van der Waals surface area contributed by atoms with Gasteiger partial charge in [-0.05, 0) is 37.1 Å². The summed E-state index contributed by atoms with van der Waals surface area (Å²) < 4.78 is 24.1. The van der Waals surface area contributed by atoms with E-state index in [4.69, 9.17) is 9.47 Å². The Labute approximate surface area is 131 Å². The van der Waals surface area contributed by atoms with Crippen LogP contribution in [-0.2, 0) is 4.74 Å². The van der Waals surface area contributed by atoms with Crippen LogP contribution >= 0.6 is 0 Å². The van der Waals surface area contributed by atoms with Crippen molar-refractivity contribution in [1.82, 2.24) is 4.90 Å². The van der Waals surface area contributed by atoms with Crippen molar-refractivity contribution < 1.29 is 19.0 Å². The van der Waals surface area contributed by atoms with Crippen LogP contribution in [0.3, 0.4) is 0 Å². The molecule has 0 aliphatic carbocycles. The third-order valence-electron chi connectivity index (χ3n) is 4.17. The van der Waals surface area contributed by atoms with E-state index < -0.39 is 5.60 Å². The third-order valence-corrected chi connectivity index (χ3v) is 4.17. The molecule has 0 unspecified atom stereocenters. The molecule has 0 spiro atoms. The maximum atomic E-state index is 12.9. The van der Waals surface area contributed by atoms with Crippen LogP contribution in [0.2, 0.25) is 0 Å². The Hall–Kier alpha value is -1.17. The second-order valence-corrected chi connectivity index (χ2v) is 5.96. The van der Waals surface area contributed by atoms with E-state index in [1.165, 1.54) is 12.1 Å². The summed E-state index contributed by atoms with van der Waals surface area (Å²) in [5.74, 6) is 0.247. The molecule has 1 N–H and O–H groups in total. The summed E-state index contributed by atoms with van der Waals surface area (Å²) in [5, 5.41) is 10.8. The van der Waals surface area contributed by atoms with Gasteiger partial charge in [0, 0.05) is 19.1 Å². The molecule has 1 aliphatic rings. The van der Waals surface area contributed by atoms with Crippen molar-refractivity contribution in [3.05, 3.63) is 30.1 Å². The Morgan fingerprint density at radius 2 is 2.00 bits per heavy atom. The number of hydrogen-bond acceptors (Lipinski definition) is 4. The molecule has 5 heteroatoms. The van der Waals surface area contributed by atoms with E-state index >= 15 is 0 Å². The van der Waals surface area contributed by atoms with Crippen molar-refractivity contribution in [3.63, 3.8) is 0 Å². The molecule has 1 fully saturated rings. The van der Waals surface area contributed by atoms with Gasteiger partial charge in [0.2, 0.25) is 0 Å². The van der Waals surface area contributed by atoms with Gasteiger partial charge in [-0.2, -0.15) is 0 Å². The Morgan fingerprint density at radius 1 is 1.32 bits per heavy atom. The minimum absolute atomic E-state index is 0.134. The van der Waals surface area contributed by atoms with Crippen LogP contribution in [-0.4, -0.2) is 54.6 Å². The van der Waals surface area contributed by atoms with Gasteiger partial charge in [0.25, 0.3) is 0 Å². The quantitative estimate of drug-likeness (QED) is 0.876. The van der Waals surface area contributed by atoms with E-state index in [1.807, 2.05) is 0 Å². The Kier molecular flexibility index (Phi) is 6.17. The predicted molar refractivity (Wildman–Crippen MR) is 83.6 cm³/mol. The molecule has 124 valence electrons. The molecule has 1 aromatic carbocycles. The summed E-state index contributed by atoms with van der Waals surface area (Å²) >= 11 is 0. The van der Waals surface area contributed by atoms with Gasteiger partial charge in [0.1, 0.15) is 23.8 Å². The molecule has 0 bridgehead atoms. The molecule has 1 heterocycles. The van der Waals surface area contributed by atoms with Crippen LogP contribution in [0, 0.1) is 5.82 Å². The Morgan fingerprint density at radius 3 is 2.64 bits per heavy atom. The zero-order valence-electron chi connectivity index (χ0n) is 13.4. The monoisotopic (exact) mass is 311 g/mol. The average molecular weight is 311 g/mol. The number of hydrogen-bond donors (Lipinski definition) is 1. The number of β-amino-alcohol motifs (C(OH)–C–C–N with tert-alkyl or cyclic N) is 1. The second-order valence-electron chi connectivity index (χ2n) is 5.96. The van der Waals surface area contributed by atoms with Gasteiger partial charge in [-0.15, -0.1) is 0 Å². The summed E-state index contributed by atoms with van der Waals surface area (Å²) in [5.41, 5.74) is -1.05. The standard InChI is InChI=1S/C17H26FNO3/c1-3-15(4-2)19-9-10-21-12-17(20,11-19)13-22-16-7-5-14(18)6-8-16/h5-8,15,20H,3-4,9-13H2,1-2H3/t17-/m1/s1. The maximum absolute atomic E-state index is 12.9. The zero-order valence-corrected chi connectivity index (χ0v) is 13.4. The molecule has 4 nitrogen and oxygen atoms in total. The minimum atomic E-state index is -1.05. The third kappa shape index (κ3) is 4.66. The van der Waals surface area contributed by atoms with Gasteiger partial charge < -0.3 is 14.6 Å². The first-order valence-corrected chi connectivity index (χ1v) is 7.99. The van der Waals surface area contributed by atoms with E-state index in [0.717, 1.165) is 19.4 Å². The Balaban J connectivity index is 1.98. The van der Waals surface area contributed by atoms with Gasteiger partial charge >= 0.3 is 0 Å². The van der Waals surface area contributed by atoms with Gasteiger partial charge in [-0.1, -0.05) is 13.8 Å². The topological polar surface area (TPSA) is 41.9 Å². The van der Waals surface area contributed by atoms with E-state index in [0.29, 0.717) is 24.9 Å². The van der Waals surface area contributed by atoms with Gasteiger partial charge in [-0.25, -0.2) is 4.39 Å². The van der Waals surface area contributed by atoms with Crippen molar-refractivity contribution >= 4 is 0 Å². The van der Waals surface area contributed by atoms with E-state index in [-0.39, 0.29) is 19.0 Å². The summed E-state index contributed by atoms with van der Waals surface area (Å²) in [6, 6.07) is 6.27. The van der Waals surface area contributed by atoms with Crippen LogP contribution in [0.4, 0.5) is 4.39 Å². The molecular weight excluding hydrogens is 285 g/mol. The summed E-state index contributed by atoms with van der Waals surface area (Å²) in [7, 11) is 0. The highest BCUT2D eigenvalue weighted by Crippen LogP contribution is 2.20. The molecule has 0 radical (unpaired) electrons. The van der Waals surface area contributed by atoms with Crippen molar-refractivity contribution in [2.45, 2.75) is 38.3 Å². The van der Waals surface area contributed by atoms with E-state index in [1.54, 1.807) is 12.1 Å². The largest absolute Gasteiger partial charge is 0.490 e. The van der Waals surface area contributed by atoms with Crippen molar-refractivity contribution in [1.29, 1.82) is 0 Å². The number of nitrogens with zero attached hydrogens (tertiary/aromatic N) is 1. The first-order valence-electron chi connectivity index (χ1n) is 7.99. The zero-order chi connectivity index (χ0) is 16.0. The molecule has 22 heavy (non-hydrogen) atoms. The molecule has 1 saturated heterocycles. The highest BCUT2D eigenvalue weighted by atomic mass is 19.1. The smallest absolute Gasteiger partial charge is 0.134 e. The highest BCUT2D eigenvalue weighted by Gasteiger charge is 2.35. The van der Waals surface area contributed by atoms with Crippen LogP contribution in [0.1, 0.15) is 26.7 Å². The van der Waals surface area contributed by atoms with Gasteiger partial charge in [-0.3, -0.25) is 4.90 Å². The Bertz CT molecular complexity index is 450. The molecular formula is C17H26FNO3. The fourth-order valence-electron chi connectivity index (χ4n) is 2.90. The first-order chi connectivity index (χ1) is 10.6. The molecule has 0 amide bonds. The van der Waals surface area contributed by atoms with Crippen molar-refractivity contribution in [2.24, 2.45) is 0 Å². The number of rotatable bonds is 6. The van der Waals surface area contributed by atoms with Crippen molar-refractivity contribution in [2.75, 3.05) is 32.9 Å². The number of benzene rings is 1. The van der Waals surface area contributed by atoms with Gasteiger partial charge in [0.05, 0.1) is 13.2 Å². The highest BCUT2D eigenvalue weighted by molar-refractivity contribution is 5.22. The first kappa shape index (κ1) is 17.2. The predicted octanol–water partition coefficient (Wildman–Crippen LogP) is 2.46. The average Bonchev–Trinajstić information content (AvgIpc) is 2.71. The molecule has 0 aromatic heterocycles. The molecule has 1 aliphatic heterocycles. The lowest BCUT2D eigenvalue weighted by molar-refractivity contribution is -0.0673. The van der Waals surface area contributed by atoms with E-state index in [9.17, 15) is 9.50 Å². The lowest BCUT2D eigenvalue weighted by atomic mass is 10.0. The number of ether oxygens (including phenoxy) is 2. The normalized spacial score (nSPS) is 23.5. The fraction of sp³-hybridized carbons (Fsp3) is 0.647. The summed E-state index contributed by atoms with van der Waals surface area (Å²) in [4.78, 5) is 2.28. The van der Waals surface area contributed by atoms with E-state index in [2.05, 4.69) is 18.7 Å². The number of halogens is 1.